The van der Waals surface area contributed by atoms with E-state index in [0.717, 1.165) is 40.8 Å². The van der Waals surface area contributed by atoms with Crippen LogP contribution in [0.15, 0.2) is 24.3 Å². The van der Waals surface area contributed by atoms with E-state index in [2.05, 4.69) is 13.8 Å². The van der Waals surface area contributed by atoms with Crippen molar-refractivity contribution in [1.29, 1.82) is 0 Å². The van der Waals surface area contributed by atoms with Gasteiger partial charge >= 0.3 is 0 Å². The van der Waals surface area contributed by atoms with Crippen LogP contribution in [-0.4, -0.2) is 22.7 Å². The summed E-state index contributed by atoms with van der Waals surface area (Å²) in [6.45, 7) is 8.81. The topological polar surface area (TPSA) is 60.8 Å². The number of carbonyl (C=O) groups is 1. The first-order chi connectivity index (χ1) is 12.3. The van der Waals surface area contributed by atoms with Gasteiger partial charge in [-0.25, -0.2) is 0 Å². The number of phenols is 2. The second kappa shape index (κ2) is 7.02. The molecule has 26 heavy (non-hydrogen) atoms. The van der Waals surface area contributed by atoms with E-state index in [4.69, 9.17) is 0 Å². The summed E-state index contributed by atoms with van der Waals surface area (Å²) in [6.07, 6.45) is 2.11. The lowest BCUT2D eigenvalue weighted by Crippen LogP contribution is -2.25. The number of carbonyl (C=O) groups excluding carboxylic acids is 1. The van der Waals surface area contributed by atoms with Crippen LogP contribution in [0.25, 0.3) is 11.1 Å². The molecule has 138 valence electrons. The van der Waals surface area contributed by atoms with Crippen molar-refractivity contribution < 1.29 is 15.0 Å². The maximum absolute atomic E-state index is 12.3. The van der Waals surface area contributed by atoms with Crippen molar-refractivity contribution in [2.75, 3.05) is 11.4 Å². The minimum absolute atomic E-state index is 0.0573. The molecule has 0 radical (unpaired) electrons. The average molecular weight is 353 g/mol. The number of fused-ring (bicyclic) bond motifs is 1. The van der Waals surface area contributed by atoms with Gasteiger partial charge in [0.2, 0.25) is 5.91 Å². The predicted molar refractivity (Wildman–Crippen MR) is 105 cm³/mol. The minimum Gasteiger partial charge on any atom is -0.507 e. The third kappa shape index (κ3) is 3.16. The molecule has 3 rings (SSSR count). The van der Waals surface area contributed by atoms with Gasteiger partial charge in [0.25, 0.3) is 0 Å². The fraction of sp³-hybridized carbons (Fsp3) is 0.409. The van der Waals surface area contributed by atoms with Crippen molar-refractivity contribution in [3.8, 4) is 22.6 Å². The Kier molecular flexibility index (Phi) is 4.94. The van der Waals surface area contributed by atoms with Crippen LogP contribution >= 0.6 is 0 Å². The summed E-state index contributed by atoms with van der Waals surface area (Å²) in [6, 6.07) is 7.38. The molecule has 0 aliphatic carbocycles. The number of anilines is 1. The van der Waals surface area contributed by atoms with Gasteiger partial charge in [-0.3, -0.25) is 4.79 Å². The second-order valence-electron chi connectivity index (χ2n) is 7.51. The van der Waals surface area contributed by atoms with Crippen molar-refractivity contribution in [3.05, 3.63) is 41.0 Å². The standard InChI is InChI=1S/C22H27NO3/c1-5-23-17-9-7-14(4)21(16(17)12-20(23)26)22-18(24)10-15(11-19(22)25)8-6-13(2)3/h7,9-11,13,24-25H,5-6,8,12H2,1-4H3. The molecule has 0 unspecified atom stereocenters. The molecule has 1 heterocycles. The van der Waals surface area contributed by atoms with Gasteiger partial charge in [0.15, 0.2) is 0 Å². The van der Waals surface area contributed by atoms with E-state index >= 15 is 0 Å². The van der Waals surface area contributed by atoms with Gasteiger partial charge in [-0.15, -0.1) is 0 Å². The molecule has 0 saturated heterocycles. The Hall–Kier alpha value is -2.49. The van der Waals surface area contributed by atoms with Crippen molar-refractivity contribution in [3.63, 3.8) is 0 Å². The van der Waals surface area contributed by atoms with E-state index < -0.39 is 0 Å². The first-order valence-electron chi connectivity index (χ1n) is 9.31. The normalized spacial score (nSPS) is 13.6. The Labute approximate surface area is 155 Å². The lowest BCUT2D eigenvalue weighted by atomic mass is 9.90. The van der Waals surface area contributed by atoms with Gasteiger partial charge in [-0.2, -0.15) is 0 Å². The van der Waals surface area contributed by atoms with E-state index in [9.17, 15) is 15.0 Å². The zero-order valence-electron chi connectivity index (χ0n) is 16.0. The highest BCUT2D eigenvalue weighted by molar-refractivity contribution is 6.05. The maximum atomic E-state index is 12.3. The molecule has 1 aliphatic heterocycles. The molecule has 1 aliphatic rings. The maximum Gasteiger partial charge on any atom is 0.231 e. The molecule has 2 N–H and O–H groups in total. The summed E-state index contributed by atoms with van der Waals surface area (Å²) < 4.78 is 0. The molecule has 0 bridgehead atoms. The number of benzene rings is 2. The van der Waals surface area contributed by atoms with Crippen molar-refractivity contribution in [1.82, 2.24) is 0 Å². The highest BCUT2D eigenvalue weighted by Gasteiger charge is 2.31. The molecular weight excluding hydrogens is 326 g/mol. The third-order valence-electron chi connectivity index (χ3n) is 5.15. The summed E-state index contributed by atoms with van der Waals surface area (Å²) in [5.74, 6) is 0.761. The number of amides is 1. The number of phenolic OH excluding ortho intramolecular Hbond substituents is 2. The number of rotatable bonds is 5. The zero-order valence-corrected chi connectivity index (χ0v) is 16.0. The SMILES string of the molecule is CCN1C(=O)Cc2c1ccc(C)c2-c1c(O)cc(CCC(C)C)cc1O. The molecule has 1 amide bonds. The molecular formula is C22H27NO3. The van der Waals surface area contributed by atoms with Crippen molar-refractivity contribution in [2.45, 2.75) is 47.0 Å². The van der Waals surface area contributed by atoms with Crippen LogP contribution in [0.5, 0.6) is 11.5 Å². The van der Waals surface area contributed by atoms with Gasteiger partial charge in [0.1, 0.15) is 11.5 Å². The van der Waals surface area contributed by atoms with Crippen LogP contribution in [0.2, 0.25) is 0 Å². The molecule has 4 heteroatoms. The number of hydrogen-bond acceptors (Lipinski definition) is 3. The molecule has 0 atom stereocenters. The van der Waals surface area contributed by atoms with Gasteiger partial charge in [-0.1, -0.05) is 19.9 Å². The smallest absolute Gasteiger partial charge is 0.231 e. The van der Waals surface area contributed by atoms with Crippen molar-refractivity contribution in [2.24, 2.45) is 5.92 Å². The van der Waals surface area contributed by atoms with Gasteiger partial charge in [-0.05, 0) is 73.1 Å². The largest absolute Gasteiger partial charge is 0.507 e. The van der Waals surface area contributed by atoms with Crippen LogP contribution in [0.1, 0.15) is 43.9 Å². The van der Waals surface area contributed by atoms with Gasteiger partial charge in [0, 0.05) is 12.2 Å². The number of aromatic hydroxyl groups is 2. The van der Waals surface area contributed by atoms with E-state index in [0.29, 0.717) is 24.4 Å². The number of hydrogen-bond donors (Lipinski definition) is 2. The van der Waals surface area contributed by atoms with Crippen LogP contribution in [-0.2, 0) is 17.6 Å². The summed E-state index contributed by atoms with van der Waals surface area (Å²) >= 11 is 0. The van der Waals surface area contributed by atoms with Crippen LogP contribution < -0.4 is 4.90 Å². The fourth-order valence-electron chi connectivity index (χ4n) is 3.79. The number of likely N-dealkylation sites (N-methyl/N-ethyl adjacent to an activating group) is 1. The third-order valence-corrected chi connectivity index (χ3v) is 5.15. The monoisotopic (exact) mass is 353 g/mol. The van der Waals surface area contributed by atoms with E-state index in [-0.39, 0.29) is 17.4 Å². The molecule has 0 saturated carbocycles. The van der Waals surface area contributed by atoms with Crippen LogP contribution in [0.3, 0.4) is 0 Å². The van der Waals surface area contributed by atoms with E-state index in [1.807, 2.05) is 26.0 Å². The Morgan fingerprint density at radius 2 is 1.77 bits per heavy atom. The summed E-state index contributed by atoms with van der Waals surface area (Å²) in [5, 5.41) is 21.4. The van der Waals surface area contributed by atoms with E-state index in [1.165, 1.54) is 0 Å². The molecule has 0 fully saturated rings. The summed E-state index contributed by atoms with van der Waals surface area (Å²) in [7, 11) is 0. The Morgan fingerprint density at radius 1 is 1.12 bits per heavy atom. The molecule has 2 aromatic rings. The molecule has 2 aromatic carbocycles. The Morgan fingerprint density at radius 3 is 2.35 bits per heavy atom. The Balaban J connectivity index is 2.11. The summed E-state index contributed by atoms with van der Waals surface area (Å²) in [4.78, 5) is 14.1. The van der Waals surface area contributed by atoms with Gasteiger partial charge in [0.05, 0.1) is 12.0 Å². The zero-order chi connectivity index (χ0) is 19.0. The number of nitrogens with zero attached hydrogens (tertiary/aromatic N) is 1. The Bertz CT molecular complexity index is 832. The minimum atomic E-state index is 0.0573. The molecule has 0 aromatic heterocycles. The summed E-state index contributed by atoms with van der Waals surface area (Å²) in [5.41, 5.74) is 4.83. The quantitative estimate of drug-likeness (QED) is 0.828. The highest BCUT2D eigenvalue weighted by atomic mass is 16.3. The van der Waals surface area contributed by atoms with Crippen molar-refractivity contribution >= 4 is 11.6 Å². The molecule has 4 nitrogen and oxygen atoms in total. The van der Waals surface area contributed by atoms with Crippen LogP contribution in [0, 0.1) is 12.8 Å². The second-order valence-corrected chi connectivity index (χ2v) is 7.51. The first kappa shape index (κ1) is 18.3. The highest BCUT2D eigenvalue weighted by Crippen LogP contribution is 2.46. The van der Waals surface area contributed by atoms with Gasteiger partial charge < -0.3 is 15.1 Å². The number of aryl methyl sites for hydroxylation is 2. The van der Waals surface area contributed by atoms with Crippen LogP contribution in [0.4, 0.5) is 5.69 Å². The lowest BCUT2D eigenvalue weighted by molar-refractivity contribution is -0.117. The predicted octanol–water partition coefficient (Wildman–Crippen LogP) is 4.57. The lowest BCUT2D eigenvalue weighted by Gasteiger charge is -2.18. The molecule has 0 spiro atoms. The van der Waals surface area contributed by atoms with E-state index in [1.54, 1.807) is 17.0 Å². The average Bonchev–Trinajstić information content (AvgIpc) is 2.89. The fourth-order valence-corrected chi connectivity index (χ4v) is 3.79. The first-order valence-corrected chi connectivity index (χ1v) is 9.31.